The van der Waals surface area contributed by atoms with Crippen LogP contribution in [-0.2, 0) is 0 Å². The van der Waals surface area contributed by atoms with E-state index in [1.165, 1.54) is 25.9 Å². The van der Waals surface area contributed by atoms with E-state index in [4.69, 9.17) is 10.5 Å². The van der Waals surface area contributed by atoms with Gasteiger partial charge in [-0.05, 0) is 25.8 Å². The first-order valence-electron chi connectivity index (χ1n) is 6.81. The fraction of sp³-hybridized carbons (Fsp3) is 0.750. The molecule has 2 aliphatic rings. The van der Waals surface area contributed by atoms with Crippen molar-refractivity contribution in [2.24, 2.45) is 0 Å². The van der Waals surface area contributed by atoms with Crippen molar-refractivity contribution in [1.29, 1.82) is 0 Å². The van der Waals surface area contributed by atoms with Crippen LogP contribution in [0.2, 0.25) is 0 Å². The fourth-order valence-electron chi connectivity index (χ4n) is 2.98. The van der Waals surface area contributed by atoms with Crippen molar-refractivity contribution in [1.82, 2.24) is 19.9 Å². The molecule has 1 aromatic heterocycles. The van der Waals surface area contributed by atoms with E-state index in [0.717, 1.165) is 19.5 Å². The van der Waals surface area contributed by atoms with Gasteiger partial charge in [-0.25, -0.2) is 0 Å². The summed E-state index contributed by atoms with van der Waals surface area (Å²) in [6.45, 7) is 4.31. The van der Waals surface area contributed by atoms with Crippen LogP contribution in [0.4, 0.5) is 11.9 Å². The van der Waals surface area contributed by atoms with E-state index >= 15 is 0 Å². The number of fused-ring (bicyclic) bond motifs is 1. The molecular weight excluding hydrogens is 244 g/mol. The van der Waals surface area contributed by atoms with E-state index in [9.17, 15) is 0 Å². The van der Waals surface area contributed by atoms with Gasteiger partial charge in [0.05, 0.1) is 7.11 Å². The lowest BCUT2D eigenvalue weighted by atomic mass is 10.2. The largest absolute Gasteiger partial charge is 0.467 e. The highest BCUT2D eigenvalue weighted by molar-refractivity contribution is 5.36. The maximum atomic E-state index is 5.71. The van der Waals surface area contributed by atoms with Gasteiger partial charge in [-0.1, -0.05) is 0 Å². The quantitative estimate of drug-likeness (QED) is 0.813. The van der Waals surface area contributed by atoms with Crippen molar-refractivity contribution in [2.45, 2.75) is 25.3 Å². The number of aromatic nitrogens is 3. The summed E-state index contributed by atoms with van der Waals surface area (Å²) in [6, 6.07) is 0.904. The Morgan fingerprint density at radius 1 is 1.16 bits per heavy atom. The lowest BCUT2D eigenvalue weighted by Gasteiger charge is -2.25. The molecule has 2 saturated heterocycles. The van der Waals surface area contributed by atoms with Crippen LogP contribution in [0.15, 0.2) is 0 Å². The molecule has 19 heavy (non-hydrogen) atoms. The van der Waals surface area contributed by atoms with E-state index in [1.807, 2.05) is 0 Å². The van der Waals surface area contributed by atoms with Crippen LogP contribution in [0.5, 0.6) is 6.01 Å². The Morgan fingerprint density at radius 3 is 2.84 bits per heavy atom. The summed E-state index contributed by atoms with van der Waals surface area (Å²) in [5.74, 6) is 0.854. The number of hydrogen-bond acceptors (Lipinski definition) is 7. The van der Waals surface area contributed by atoms with Crippen LogP contribution in [0.25, 0.3) is 0 Å². The predicted molar refractivity (Wildman–Crippen MR) is 72.2 cm³/mol. The molecule has 1 unspecified atom stereocenters. The van der Waals surface area contributed by atoms with Gasteiger partial charge in [0.15, 0.2) is 0 Å². The molecule has 0 spiro atoms. The van der Waals surface area contributed by atoms with E-state index in [2.05, 4.69) is 24.8 Å². The summed E-state index contributed by atoms with van der Waals surface area (Å²) in [5, 5.41) is 0. The molecule has 2 aliphatic heterocycles. The van der Waals surface area contributed by atoms with E-state index in [0.29, 0.717) is 12.0 Å². The number of methoxy groups -OCH3 is 1. The molecule has 0 aromatic carbocycles. The van der Waals surface area contributed by atoms with Crippen LogP contribution in [-0.4, -0.2) is 59.2 Å². The van der Waals surface area contributed by atoms with Crippen molar-refractivity contribution in [3.63, 3.8) is 0 Å². The topological polar surface area (TPSA) is 80.4 Å². The second-order valence-electron chi connectivity index (χ2n) is 5.11. The van der Waals surface area contributed by atoms with Crippen molar-refractivity contribution < 1.29 is 4.74 Å². The number of nitrogens with two attached hydrogens (primary N) is 1. The summed E-state index contributed by atoms with van der Waals surface area (Å²) in [6.07, 6.45) is 3.68. The number of nitrogen functional groups attached to an aromatic ring is 1. The molecule has 1 aromatic rings. The highest BCUT2D eigenvalue weighted by Gasteiger charge is 2.29. The van der Waals surface area contributed by atoms with E-state index < -0.39 is 0 Å². The molecule has 0 saturated carbocycles. The first-order valence-corrected chi connectivity index (χ1v) is 6.81. The lowest BCUT2D eigenvalue weighted by molar-refractivity contribution is 0.273. The normalized spacial score (nSPS) is 24.1. The molecule has 2 fully saturated rings. The summed E-state index contributed by atoms with van der Waals surface area (Å²) in [7, 11) is 1.54. The molecule has 7 heteroatoms. The summed E-state index contributed by atoms with van der Waals surface area (Å²) >= 11 is 0. The van der Waals surface area contributed by atoms with Crippen molar-refractivity contribution in [3.8, 4) is 6.01 Å². The highest BCUT2D eigenvalue weighted by atomic mass is 16.5. The van der Waals surface area contributed by atoms with Crippen LogP contribution in [0, 0.1) is 0 Å². The first-order chi connectivity index (χ1) is 9.26. The monoisotopic (exact) mass is 264 g/mol. The zero-order chi connectivity index (χ0) is 13.2. The third kappa shape index (κ3) is 2.56. The highest BCUT2D eigenvalue weighted by Crippen LogP contribution is 2.24. The zero-order valence-electron chi connectivity index (χ0n) is 11.2. The molecule has 0 amide bonds. The average molecular weight is 264 g/mol. The number of ether oxygens (including phenoxy) is 1. The fourth-order valence-corrected chi connectivity index (χ4v) is 2.98. The minimum absolute atomic E-state index is 0.217. The number of nitrogens with zero attached hydrogens (tertiary/aromatic N) is 5. The molecule has 104 valence electrons. The first kappa shape index (κ1) is 12.4. The third-order valence-corrected chi connectivity index (χ3v) is 3.89. The molecule has 0 bridgehead atoms. The number of anilines is 2. The Bertz CT molecular complexity index is 454. The summed E-state index contributed by atoms with van der Waals surface area (Å²) in [5.41, 5.74) is 5.71. The van der Waals surface area contributed by atoms with Crippen molar-refractivity contribution >= 4 is 11.9 Å². The number of hydrogen-bond donors (Lipinski definition) is 1. The van der Waals surface area contributed by atoms with E-state index in [-0.39, 0.29) is 12.0 Å². The SMILES string of the molecule is COc1nc(N)nc(N2CCCN3CCCC3C2)n1. The minimum Gasteiger partial charge on any atom is -0.467 e. The standard InChI is InChI=1S/C12H20N6O/c1-19-12-15-10(13)14-11(16-12)18-7-3-6-17-5-2-4-9(17)8-18/h9H,2-8H2,1H3,(H2,13,14,15,16). The van der Waals surface area contributed by atoms with Gasteiger partial charge in [0.25, 0.3) is 0 Å². The molecule has 3 heterocycles. The van der Waals surface area contributed by atoms with Gasteiger partial charge in [-0.2, -0.15) is 15.0 Å². The lowest BCUT2D eigenvalue weighted by Crippen LogP contribution is -2.37. The molecule has 0 radical (unpaired) electrons. The smallest absolute Gasteiger partial charge is 0.322 e. The van der Waals surface area contributed by atoms with Gasteiger partial charge in [-0.3, -0.25) is 4.90 Å². The van der Waals surface area contributed by atoms with Crippen LogP contribution < -0.4 is 15.4 Å². The molecule has 2 N–H and O–H groups in total. The van der Waals surface area contributed by atoms with Crippen LogP contribution in [0.3, 0.4) is 0 Å². The van der Waals surface area contributed by atoms with E-state index in [1.54, 1.807) is 7.11 Å². The maximum Gasteiger partial charge on any atom is 0.322 e. The Balaban J connectivity index is 1.82. The van der Waals surface area contributed by atoms with Gasteiger partial charge in [0, 0.05) is 25.7 Å². The minimum atomic E-state index is 0.217. The molecule has 7 nitrogen and oxygen atoms in total. The Kier molecular flexibility index (Phi) is 3.37. The number of rotatable bonds is 2. The Labute approximate surface area is 112 Å². The second-order valence-corrected chi connectivity index (χ2v) is 5.11. The van der Waals surface area contributed by atoms with Crippen molar-refractivity contribution in [3.05, 3.63) is 0 Å². The van der Waals surface area contributed by atoms with Gasteiger partial charge >= 0.3 is 6.01 Å². The molecule has 3 rings (SSSR count). The van der Waals surface area contributed by atoms with Crippen LogP contribution in [0.1, 0.15) is 19.3 Å². The summed E-state index contributed by atoms with van der Waals surface area (Å²) < 4.78 is 5.07. The average Bonchev–Trinajstić information content (AvgIpc) is 2.75. The summed E-state index contributed by atoms with van der Waals surface area (Å²) in [4.78, 5) is 17.3. The van der Waals surface area contributed by atoms with Gasteiger partial charge in [-0.15, -0.1) is 0 Å². The second kappa shape index (κ2) is 5.16. The van der Waals surface area contributed by atoms with Crippen molar-refractivity contribution in [2.75, 3.05) is 43.9 Å². The van der Waals surface area contributed by atoms with Crippen LogP contribution >= 0.6 is 0 Å². The molecule has 0 aliphatic carbocycles. The van der Waals surface area contributed by atoms with Gasteiger partial charge in [0.1, 0.15) is 0 Å². The Morgan fingerprint density at radius 2 is 2.00 bits per heavy atom. The van der Waals surface area contributed by atoms with Gasteiger partial charge in [0.2, 0.25) is 11.9 Å². The zero-order valence-corrected chi connectivity index (χ0v) is 11.2. The third-order valence-electron chi connectivity index (χ3n) is 3.89. The maximum absolute atomic E-state index is 5.71. The van der Waals surface area contributed by atoms with Gasteiger partial charge < -0.3 is 15.4 Å². The molecule has 1 atom stereocenters. The predicted octanol–water partition coefficient (Wildman–Crippen LogP) is 0.137. The molecular formula is C12H20N6O. The Hall–Kier alpha value is -1.63.